The van der Waals surface area contributed by atoms with Gasteiger partial charge in [0.15, 0.2) is 0 Å². The average molecular weight is 204 g/mol. The Morgan fingerprint density at radius 2 is 1.71 bits per heavy atom. The number of hydrogen-bond acceptors (Lipinski definition) is 2. The minimum atomic E-state index is -2.70. The zero-order valence-corrected chi connectivity index (χ0v) is 8.38. The SMILES string of the molecule is NCC(F)(F)CN1C2CCCC1CC2. The summed E-state index contributed by atoms with van der Waals surface area (Å²) in [7, 11) is 0. The molecule has 82 valence electrons. The van der Waals surface area contributed by atoms with Crippen molar-refractivity contribution in [3.63, 3.8) is 0 Å². The van der Waals surface area contributed by atoms with Gasteiger partial charge in [-0.05, 0) is 25.7 Å². The molecule has 0 aromatic heterocycles. The highest BCUT2D eigenvalue weighted by Gasteiger charge is 2.41. The predicted molar refractivity (Wildman–Crippen MR) is 51.4 cm³/mol. The molecule has 4 heteroatoms. The van der Waals surface area contributed by atoms with Crippen LogP contribution in [0.15, 0.2) is 0 Å². The fraction of sp³-hybridized carbons (Fsp3) is 1.00. The number of hydrogen-bond donors (Lipinski definition) is 1. The third-order valence-corrected chi connectivity index (χ3v) is 3.56. The Kier molecular flexibility index (Phi) is 2.75. The first-order chi connectivity index (χ1) is 6.62. The van der Waals surface area contributed by atoms with E-state index in [1.54, 1.807) is 0 Å². The van der Waals surface area contributed by atoms with Gasteiger partial charge in [-0.2, -0.15) is 0 Å². The highest BCUT2D eigenvalue weighted by molar-refractivity contribution is 4.93. The standard InChI is InChI=1S/C10H18F2N2/c11-10(12,6-13)7-14-8-2-1-3-9(14)5-4-8/h8-9H,1-7,13H2. The molecule has 0 radical (unpaired) electrons. The number of halogens is 2. The van der Waals surface area contributed by atoms with Crippen molar-refractivity contribution in [1.29, 1.82) is 0 Å². The third-order valence-electron chi connectivity index (χ3n) is 3.56. The lowest BCUT2D eigenvalue weighted by Gasteiger charge is -2.36. The van der Waals surface area contributed by atoms with E-state index >= 15 is 0 Å². The van der Waals surface area contributed by atoms with Crippen molar-refractivity contribution in [2.75, 3.05) is 13.1 Å². The molecule has 2 fully saturated rings. The summed E-state index contributed by atoms with van der Waals surface area (Å²) < 4.78 is 26.3. The van der Waals surface area contributed by atoms with Gasteiger partial charge in [0, 0.05) is 12.1 Å². The number of piperidine rings is 1. The van der Waals surface area contributed by atoms with Gasteiger partial charge in [0.05, 0.1) is 13.1 Å². The lowest BCUT2D eigenvalue weighted by molar-refractivity contribution is -0.0437. The Morgan fingerprint density at radius 3 is 2.21 bits per heavy atom. The lowest BCUT2D eigenvalue weighted by atomic mass is 10.0. The van der Waals surface area contributed by atoms with E-state index in [4.69, 9.17) is 5.73 Å². The van der Waals surface area contributed by atoms with Gasteiger partial charge >= 0.3 is 0 Å². The van der Waals surface area contributed by atoms with Crippen LogP contribution in [-0.4, -0.2) is 36.0 Å². The summed E-state index contributed by atoms with van der Waals surface area (Å²) in [6, 6.07) is 0.817. The molecule has 0 saturated carbocycles. The molecular formula is C10H18F2N2. The van der Waals surface area contributed by atoms with Crippen molar-refractivity contribution in [3.8, 4) is 0 Å². The summed E-state index contributed by atoms with van der Waals surface area (Å²) >= 11 is 0. The topological polar surface area (TPSA) is 29.3 Å². The van der Waals surface area contributed by atoms with E-state index in [2.05, 4.69) is 0 Å². The molecule has 0 amide bonds. The van der Waals surface area contributed by atoms with Crippen molar-refractivity contribution in [2.45, 2.75) is 50.1 Å². The molecule has 2 N–H and O–H groups in total. The first-order valence-electron chi connectivity index (χ1n) is 5.46. The fourth-order valence-corrected chi connectivity index (χ4v) is 2.81. The highest BCUT2D eigenvalue weighted by Crippen LogP contribution is 2.36. The van der Waals surface area contributed by atoms with Crippen molar-refractivity contribution in [3.05, 3.63) is 0 Å². The predicted octanol–water partition coefficient (Wildman–Crippen LogP) is 1.60. The van der Waals surface area contributed by atoms with Gasteiger partial charge in [-0.25, -0.2) is 8.78 Å². The van der Waals surface area contributed by atoms with Crippen LogP contribution >= 0.6 is 0 Å². The maximum Gasteiger partial charge on any atom is 0.272 e. The van der Waals surface area contributed by atoms with E-state index in [0.717, 1.165) is 25.7 Å². The molecule has 14 heavy (non-hydrogen) atoms. The number of rotatable bonds is 3. The van der Waals surface area contributed by atoms with Gasteiger partial charge in [0.25, 0.3) is 5.92 Å². The van der Waals surface area contributed by atoms with Gasteiger partial charge in [0.2, 0.25) is 0 Å². The van der Waals surface area contributed by atoms with Crippen LogP contribution in [0, 0.1) is 0 Å². The number of nitrogens with two attached hydrogens (primary N) is 1. The summed E-state index contributed by atoms with van der Waals surface area (Å²) in [5.41, 5.74) is 5.06. The number of alkyl halides is 2. The largest absolute Gasteiger partial charge is 0.325 e. The van der Waals surface area contributed by atoms with Crippen LogP contribution in [-0.2, 0) is 0 Å². The van der Waals surface area contributed by atoms with Crippen LogP contribution in [0.2, 0.25) is 0 Å². The third kappa shape index (κ3) is 1.91. The molecule has 2 rings (SSSR count). The quantitative estimate of drug-likeness (QED) is 0.756. The molecule has 2 aliphatic rings. The minimum absolute atomic E-state index is 0.126. The van der Waals surface area contributed by atoms with Crippen molar-refractivity contribution in [1.82, 2.24) is 4.90 Å². The van der Waals surface area contributed by atoms with Gasteiger partial charge in [-0.3, -0.25) is 4.90 Å². The molecule has 2 aliphatic heterocycles. The second kappa shape index (κ2) is 3.74. The van der Waals surface area contributed by atoms with Crippen molar-refractivity contribution < 1.29 is 8.78 Å². The van der Waals surface area contributed by atoms with E-state index in [0.29, 0.717) is 12.1 Å². The number of nitrogens with zero attached hydrogens (tertiary/aromatic N) is 1. The molecule has 2 bridgehead atoms. The van der Waals surface area contributed by atoms with Gasteiger partial charge < -0.3 is 5.73 Å². The summed E-state index contributed by atoms with van der Waals surface area (Å²) in [6.45, 7) is -0.651. The monoisotopic (exact) mass is 204 g/mol. The van der Waals surface area contributed by atoms with Crippen molar-refractivity contribution in [2.24, 2.45) is 5.73 Å². The van der Waals surface area contributed by atoms with Crippen LogP contribution in [0.4, 0.5) is 8.78 Å². The Labute approximate surface area is 83.4 Å². The number of fused-ring (bicyclic) bond motifs is 2. The van der Waals surface area contributed by atoms with E-state index in [9.17, 15) is 8.78 Å². The second-order valence-corrected chi connectivity index (χ2v) is 4.55. The van der Waals surface area contributed by atoms with Gasteiger partial charge in [0.1, 0.15) is 0 Å². The van der Waals surface area contributed by atoms with Crippen LogP contribution in [0.3, 0.4) is 0 Å². The zero-order valence-electron chi connectivity index (χ0n) is 8.38. The lowest BCUT2D eigenvalue weighted by Crippen LogP contribution is -2.48. The maximum atomic E-state index is 13.1. The summed E-state index contributed by atoms with van der Waals surface area (Å²) in [5, 5.41) is 0. The maximum absolute atomic E-state index is 13.1. The molecule has 0 aromatic rings. The highest BCUT2D eigenvalue weighted by atomic mass is 19.3. The van der Waals surface area contributed by atoms with Crippen LogP contribution in [0.1, 0.15) is 32.1 Å². The molecule has 2 unspecified atom stereocenters. The molecule has 0 aromatic carbocycles. The average Bonchev–Trinajstić information content (AvgIpc) is 2.41. The Morgan fingerprint density at radius 1 is 1.14 bits per heavy atom. The van der Waals surface area contributed by atoms with Crippen LogP contribution < -0.4 is 5.73 Å². The summed E-state index contributed by atoms with van der Waals surface area (Å²) in [4.78, 5) is 2.00. The summed E-state index contributed by atoms with van der Waals surface area (Å²) in [6.07, 6.45) is 5.60. The molecular weight excluding hydrogens is 186 g/mol. The molecule has 0 aliphatic carbocycles. The van der Waals surface area contributed by atoms with E-state index in [-0.39, 0.29) is 6.54 Å². The molecule has 2 nitrogen and oxygen atoms in total. The first-order valence-corrected chi connectivity index (χ1v) is 5.46. The Balaban J connectivity index is 1.98. The summed E-state index contributed by atoms with van der Waals surface area (Å²) in [5.74, 6) is -2.70. The molecule has 2 saturated heterocycles. The molecule has 2 atom stereocenters. The van der Waals surface area contributed by atoms with E-state index in [1.807, 2.05) is 4.90 Å². The Bertz CT molecular complexity index is 192. The minimum Gasteiger partial charge on any atom is -0.325 e. The van der Waals surface area contributed by atoms with E-state index in [1.165, 1.54) is 6.42 Å². The van der Waals surface area contributed by atoms with Gasteiger partial charge in [-0.1, -0.05) is 6.42 Å². The van der Waals surface area contributed by atoms with Crippen LogP contribution in [0.5, 0.6) is 0 Å². The first kappa shape index (κ1) is 10.3. The van der Waals surface area contributed by atoms with E-state index < -0.39 is 12.5 Å². The van der Waals surface area contributed by atoms with Crippen molar-refractivity contribution >= 4 is 0 Å². The molecule has 2 heterocycles. The molecule has 0 spiro atoms. The van der Waals surface area contributed by atoms with Gasteiger partial charge in [-0.15, -0.1) is 0 Å². The second-order valence-electron chi connectivity index (χ2n) is 4.55. The zero-order chi connectivity index (χ0) is 10.2. The normalized spacial score (nSPS) is 33.6. The Hall–Kier alpha value is -0.220. The van der Waals surface area contributed by atoms with Crippen LogP contribution in [0.25, 0.3) is 0 Å². The smallest absolute Gasteiger partial charge is 0.272 e. The fourth-order valence-electron chi connectivity index (χ4n) is 2.81.